The van der Waals surface area contributed by atoms with Gasteiger partial charge in [0.15, 0.2) is 0 Å². The number of hydrogen-bond donors (Lipinski definition) is 0. The van der Waals surface area contributed by atoms with E-state index in [1.165, 1.54) is 11.1 Å². The van der Waals surface area contributed by atoms with Gasteiger partial charge in [0.25, 0.3) is 5.91 Å². The summed E-state index contributed by atoms with van der Waals surface area (Å²) in [4.78, 5) is 16.7. The van der Waals surface area contributed by atoms with Crippen LogP contribution in [0.3, 0.4) is 0 Å². The topological polar surface area (TPSA) is 49.6 Å². The standard InChI is InChI=1S/C20H27N3O2/c1-14(2)9-17-11-19(25-21-17)20(24)23(4)13-18-10-15-7-5-6-8-16(15)12-22(18)3/h5-8,11,14,18H,9-10,12-13H2,1-4H3. The Morgan fingerprint density at radius 1 is 1.36 bits per heavy atom. The lowest BCUT2D eigenvalue weighted by Gasteiger charge is -2.36. The molecule has 0 saturated heterocycles. The maximum atomic E-state index is 12.6. The first-order chi connectivity index (χ1) is 11.9. The highest BCUT2D eigenvalue weighted by atomic mass is 16.5. The number of amides is 1. The summed E-state index contributed by atoms with van der Waals surface area (Å²) in [6, 6.07) is 10.6. The van der Waals surface area contributed by atoms with Crippen LogP contribution in [-0.4, -0.2) is 47.5 Å². The van der Waals surface area contributed by atoms with Gasteiger partial charge in [-0.05, 0) is 36.9 Å². The fraction of sp³-hybridized carbons (Fsp3) is 0.500. The Bertz CT molecular complexity index is 738. The highest BCUT2D eigenvalue weighted by Gasteiger charge is 2.27. The second kappa shape index (κ2) is 7.40. The van der Waals surface area contributed by atoms with Crippen molar-refractivity contribution >= 4 is 5.91 Å². The fourth-order valence-corrected chi connectivity index (χ4v) is 3.44. The molecule has 1 amide bonds. The van der Waals surface area contributed by atoms with Gasteiger partial charge in [-0.2, -0.15) is 0 Å². The minimum atomic E-state index is -0.102. The molecule has 2 aromatic rings. The maximum Gasteiger partial charge on any atom is 0.292 e. The van der Waals surface area contributed by atoms with Gasteiger partial charge in [-0.3, -0.25) is 9.69 Å². The summed E-state index contributed by atoms with van der Waals surface area (Å²) in [5, 5.41) is 4.02. The van der Waals surface area contributed by atoms with Crippen molar-refractivity contribution in [2.45, 2.75) is 39.3 Å². The molecule has 5 heteroatoms. The number of benzene rings is 1. The van der Waals surface area contributed by atoms with Crippen molar-refractivity contribution < 1.29 is 9.32 Å². The summed E-state index contributed by atoms with van der Waals surface area (Å²) >= 11 is 0. The Kier molecular flexibility index (Phi) is 5.23. The molecule has 5 nitrogen and oxygen atoms in total. The molecule has 3 rings (SSSR count). The molecule has 25 heavy (non-hydrogen) atoms. The van der Waals surface area contributed by atoms with E-state index in [0.29, 0.717) is 24.3 Å². The third-order valence-corrected chi connectivity index (χ3v) is 4.84. The molecule has 0 radical (unpaired) electrons. The molecule has 1 atom stereocenters. The van der Waals surface area contributed by atoms with Gasteiger partial charge in [0.05, 0.1) is 5.69 Å². The summed E-state index contributed by atoms with van der Waals surface area (Å²) in [5.74, 6) is 0.716. The maximum absolute atomic E-state index is 12.6. The molecule has 1 aliphatic rings. The van der Waals surface area contributed by atoms with Gasteiger partial charge in [0.1, 0.15) is 0 Å². The molecule has 1 aromatic heterocycles. The SMILES string of the molecule is CC(C)Cc1cc(C(=O)N(C)CC2Cc3ccccc3CN2C)on1. The monoisotopic (exact) mass is 341 g/mol. The summed E-state index contributed by atoms with van der Waals surface area (Å²) in [7, 11) is 3.95. The van der Waals surface area contributed by atoms with E-state index in [0.717, 1.165) is 25.1 Å². The highest BCUT2D eigenvalue weighted by molar-refractivity contribution is 5.91. The first-order valence-electron chi connectivity index (χ1n) is 8.92. The van der Waals surface area contributed by atoms with Crippen molar-refractivity contribution in [1.82, 2.24) is 15.0 Å². The van der Waals surface area contributed by atoms with Crippen LogP contribution in [0.15, 0.2) is 34.9 Å². The lowest BCUT2D eigenvalue weighted by Crippen LogP contribution is -2.46. The number of carbonyl (C=O) groups excluding carboxylic acids is 1. The van der Waals surface area contributed by atoms with Crippen molar-refractivity contribution in [1.29, 1.82) is 0 Å². The predicted molar refractivity (Wildman–Crippen MR) is 97.4 cm³/mol. The molecule has 0 N–H and O–H groups in total. The van der Waals surface area contributed by atoms with E-state index in [9.17, 15) is 4.79 Å². The summed E-state index contributed by atoms with van der Waals surface area (Å²) in [5.41, 5.74) is 3.60. The zero-order valence-electron chi connectivity index (χ0n) is 15.5. The van der Waals surface area contributed by atoms with E-state index in [1.807, 2.05) is 7.05 Å². The molecule has 0 fully saturated rings. The predicted octanol–water partition coefficient (Wildman–Crippen LogP) is 3.00. The van der Waals surface area contributed by atoms with E-state index in [4.69, 9.17) is 4.52 Å². The van der Waals surface area contributed by atoms with Crippen LogP contribution in [0.25, 0.3) is 0 Å². The Balaban J connectivity index is 1.64. The number of hydrogen-bond acceptors (Lipinski definition) is 4. The zero-order chi connectivity index (χ0) is 18.0. The van der Waals surface area contributed by atoms with E-state index in [-0.39, 0.29) is 5.91 Å². The molecule has 2 heterocycles. The van der Waals surface area contributed by atoms with E-state index in [2.05, 4.69) is 55.2 Å². The Labute approximate surface area is 149 Å². The lowest BCUT2D eigenvalue weighted by molar-refractivity contribution is 0.0693. The molecular weight excluding hydrogens is 314 g/mol. The molecule has 1 aliphatic heterocycles. The average Bonchev–Trinajstić information content (AvgIpc) is 3.02. The van der Waals surface area contributed by atoms with Crippen LogP contribution in [0, 0.1) is 5.92 Å². The van der Waals surface area contributed by atoms with Crippen LogP contribution >= 0.6 is 0 Å². The average molecular weight is 341 g/mol. The first-order valence-corrected chi connectivity index (χ1v) is 8.92. The minimum Gasteiger partial charge on any atom is -0.351 e. The van der Waals surface area contributed by atoms with Gasteiger partial charge in [0.2, 0.25) is 5.76 Å². The number of likely N-dealkylation sites (N-methyl/N-ethyl adjacent to an activating group) is 2. The Morgan fingerprint density at radius 2 is 2.08 bits per heavy atom. The van der Waals surface area contributed by atoms with E-state index < -0.39 is 0 Å². The molecule has 0 bridgehead atoms. The van der Waals surface area contributed by atoms with Crippen LogP contribution in [0.2, 0.25) is 0 Å². The molecule has 0 spiro atoms. The number of nitrogens with zero attached hydrogens (tertiary/aromatic N) is 3. The molecule has 1 aromatic carbocycles. The van der Waals surface area contributed by atoms with Crippen molar-refractivity contribution in [3.8, 4) is 0 Å². The molecule has 0 saturated carbocycles. The van der Waals surface area contributed by atoms with Crippen LogP contribution in [-0.2, 0) is 19.4 Å². The van der Waals surface area contributed by atoms with Crippen LogP contribution < -0.4 is 0 Å². The van der Waals surface area contributed by atoms with E-state index in [1.54, 1.807) is 11.0 Å². The Hall–Kier alpha value is -2.14. The minimum absolute atomic E-state index is 0.102. The fourth-order valence-electron chi connectivity index (χ4n) is 3.44. The smallest absolute Gasteiger partial charge is 0.292 e. The lowest BCUT2D eigenvalue weighted by atomic mass is 9.94. The second-order valence-electron chi connectivity index (χ2n) is 7.51. The van der Waals surface area contributed by atoms with Crippen LogP contribution in [0.1, 0.15) is 41.2 Å². The highest BCUT2D eigenvalue weighted by Crippen LogP contribution is 2.22. The van der Waals surface area contributed by atoms with Gasteiger partial charge in [-0.25, -0.2) is 0 Å². The van der Waals surface area contributed by atoms with Crippen molar-refractivity contribution in [2.75, 3.05) is 20.6 Å². The normalized spacial score (nSPS) is 17.6. The number of carbonyl (C=O) groups is 1. The number of rotatable bonds is 5. The van der Waals surface area contributed by atoms with Crippen molar-refractivity contribution in [3.63, 3.8) is 0 Å². The van der Waals surface area contributed by atoms with Crippen molar-refractivity contribution in [3.05, 3.63) is 52.9 Å². The summed E-state index contributed by atoms with van der Waals surface area (Å²) in [6.45, 7) is 5.84. The van der Waals surface area contributed by atoms with Crippen molar-refractivity contribution in [2.24, 2.45) is 5.92 Å². The third kappa shape index (κ3) is 4.10. The van der Waals surface area contributed by atoms with Gasteiger partial charge < -0.3 is 9.42 Å². The number of fused-ring (bicyclic) bond motifs is 1. The molecular formula is C20H27N3O2. The summed E-state index contributed by atoms with van der Waals surface area (Å²) in [6.07, 6.45) is 1.78. The molecule has 134 valence electrons. The Morgan fingerprint density at radius 3 is 2.80 bits per heavy atom. The van der Waals surface area contributed by atoms with Crippen LogP contribution in [0.5, 0.6) is 0 Å². The van der Waals surface area contributed by atoms with E-state index >= 15 is 0 Å². The molecule has 0 aliphatic carbocycles. The number of aromatic nitrogens is 1. The summed E-state index contributed by atoms with van der Waals surface area (Å²) < 4.78 is 5.27. The molecule has 1 unspecified atom stereocenters. The largest absolute Gasteiger partial charge is 0.351 e. The van der Waals surface area contributed by atoms with Gasteiger partial charge in [0, 0.05) is 32.2 Å². The zero-order valence-corrected chi connectivity index (χ0v) is 15.5. The van der Waals surface area contributed by atoms with Gasteiger partial charge in [-0.15, -0.1) is 0 Å². The van der Waals surface area contributed by atoms with Crippen LogP contribution in [0.4, 0.5) is 0 Å². The third-order valence-electron chi connectivity index (χ3n) is 4.84. The van der Waals surface area contributed by atoms with Gasteiger partial charge >= 0.3 is 0 Å². The second-order valence-corrected chi connectivity index (χ2v) is 7.51. The first kappa shape index (κ1) is 17.7. The van der Waals surface area contributed by atoms with Gasteiger partial charge in [-0.1, -0.05) is 43.3 Å². The quantitative estimate of drug-likeness (QED) is 0.839.